The Balaban J connectivity index is 1.62. The number of unbranched alkanes of at least 4 members (excludes halogenated alkanes) is 1. The molecule has 0 aliphatic heterocycles. The van der Waals surface area contributed by atoms with Gasteiger partial charge in [-0.3, -0.25) is 9.36 Å². The number of carboxylic acid groups (broad SMARTS) is 1. The molecular weight excluding hydrogens is 428 g/mol. The van der Waals surface area contributed by atoms with Crippen LogP contribution in [0.2, 0.25) is 0 Å². The highest BCUT2D eigenvalue weighted by atomic mass is 16.5. The second-order valence-corrected chi connectivity index (χ2v) is 8.38. The van der Waals surface area contributed by atoms with Crippen molar-refractivity contribution in [1.29, 1.82) is 0 Å². The van der Waals surface area contributed by atoms with E-state index in [4.69, 9.17) is 9.72 Å². The molecule has 1 heterocycles. The van der Waals surface area contributed by atoms with Crippen LogP contribution in [0, 0.1) is 6.92 Å². The predicted molar refractivity (Wildman–Crippen MR) is 132 cm³/mol. The Kier molecular flexibility index (Phi) is 7.07. The molecule has 3 aromatic carbocycles. The van der Waals surface area contributed by atoms with Crippen LogP contribution in [-0.4, -0.2) is 20.6 Å². The van der Waals surface area contributed by atoms with Gasteiger partial charge in [-0.15, -0.1) is 0 Å². The summed E-state index contributed by atoms with van der Waals surface area (Å²) < 4.78 is 7.51. The second kappa shape index (κ2) is 10.3. The van der Waals surface area contributed by atoms with Crippen molar-refractivity contribution in [2.45, 2.75) is 45.8 Å². The SMILES string of the molecule is CCCCc1nc2c(C)cccc2c(=O)n1Cc1ccc(OC(C(=O)O)c2ccccc2)cc1. The lowest BCUT2D eigenvalue weighted by atomic mass is 10.1. The van der Waals surface area contributed by atoms with Gasteiger partial charge >= 0.3 is 5.97 Å². The summed E-state index contributed by atoms with van der Waals surface area (Å²) >= 11 is 0. The first-order valence-corrected chi connectivity index (χ1v) is 11.5. The van der Waals surface area contributed by atoms with Crippen LogP contribution in [0.4, 0.5) is 0 Å². The van der Waals surface area contributed by atoms with Gasteiger partial charge in [0, 0.05) is 12.0 Å². The molecule has 1 atom stereocenters. The number of hydrogen-bond donors (Lipinski definition) is 1. The maximum absolute atomic E-state index is 13.3. The predicted octanol–water partition coefficient (Wildman–Crippen LogP) is 5.30. The summed E-state index contributed by atoms with van der Waals surface area (Å²) in [6, 6.07) is 21.7. The molecule has 0 spiro atoms. The van der Waals surface area contributed by atoms with Crippen molar-refractivity contribution in [3.8, 4) is 5.75 Å². The van der Waals surface area contributed by atoms with Crippen molar-refractivity contribution in [2.24, 2.45) is 0 Å². The molecule has 34 heavy (non-hydrogen) atoms. The first-order chi connectivity index (χ1) is 16.5. The molecule has 4 aromatic rings. The zero-order valence-electron chi connectivity index (χ0n) is 19.4. The number of nitrogens with zero attached hydrogens (tertiary/aromatic N) is 2. The fourth-order valence-electron chi connectivity index (χ4n) is 4.00. The summed E-state index contributed by atoms with van der Waals surface area (Å²) in [4.78, 5) is 29.9. The molecule has 1 N–H and O–H groups in total. The maximum Gasteiger partial charge on any atom is 0.349 e. The van der Waals surface area contributed by atoms with Crippen molar-refractivity contribution >= 4 is 16.9 Å². The number of hydrogen-bond acceptors (Lipinski definition) is 4. The van der Waals surface area contributed by atoms with E-state index < -0.39 is 12.1 Å². The van der Waals surface area contributed by atoms with Crippen LogP contribution in [0.15, 0.2) is 77.6 Å². The monoisotopic (exact) mass is 456 g/mol. The molecule has 0 bridgehead atoms. The van der Waals surface area contributed by atoms with Crippen LogP contribution in [0.3, 0.4) is 0 Å². The van der Waals surface area contributed by atoms with Crippen molar-refractivity contribution in [2.75, 3.05) is 0 Å². The first kappa shape index (κ1) is 23.2. The standard InChI is InChI=1S/C28H28N2O4/c1-3-4-13-24-29-25-19(2)9-8-12-23(25)27(31)30(24)18-20-14-16-22(17-15-20)34-26(28(32)33)21-10-6-5-7-11-21/h5-12,14-17,26H,3-4,13,18H2,1-2H3,(H,32,33). The minimum absolute atomic E-state index is 0.0462. The van der Waals surface area contributed by atoms with Gasteiger partial charge in [0.25, 0.3) is 5.56 Å². The second-order valence-electron chi connectivity index (χ2n) is 8.38. The van der Waals surface area contributed by atoms with Gasteiger partial charge in [-0.25, -0.2) is 9.78 Å². The van der Waals surface area contributed by atoms with E-state index in [0.29, 0.717) is 23.2 Å². The van der Waals surface area contributed by atoms with Gasteiger partial charge in [0.15, 0.2) is 0 Å². The zero-order chi connectivity index (χ0) is 24.1. The molecule has 0 amide bonds. The number of fused-ring (bicyclic) bond motifs is 1. The van der Waals surface area contributed by atoms with Crippen molar-refractivity contribution in [3.05, 3.63) is 106 Å². The van der Waals surface area contributed by atoms with Crippen molar-refractivity contribution in [1.82, 2.24) is 9.55 Å². The lowest BCUT2D eigenvalue weighted by Crippen LogP contribution is -2.26. The van der Waals surface area contributed by atoms with Crippen LogP contribution >= 0.6 is 0 Å². The molecule has 4 rings (SSSR count). The van der Waals surface area contributed by atoms with Crippen LogP contribution in [0.25, 0.3) is 10.9 Å². The molecule has 1 unspecified atom stereocenters. The van der Waals surface area contributed by atoms with Gasteiger partial charge in [0.2, 0.25) is 6.10 Å². The number of aromatic nitrogens is 2. The van der Waals surface area contributed by atoms with E-state index in [0.717, 1.165) is 41.7 Å². The molecule has 0 aliphatic carbocycles. The molecule has 6 nitrogen and oxygen atoms in total. The Morgan fingerprint density at radius 1 is 1.03 bits per heavy atom. The fourth-order valence-corrected chi connectivity index (χ4v) is 4.00. The number of carboxylic acids is 1. The van der Waals surface area contributed by atoms with Gasteiger partial charge in [-0.1, -0.05) is 67.9 Å². The van der Waals surface area contributed by atoms with E-state index in [-0.39, 0.29) is 5.56 Å². The summed E-state index contributed by atoms with van der Waals surface area (Å²) in [5.41, 5.74) is 3.19. The smallest absolute Gasteiger partial charge is 0.349 e. The number of aliphatic carboxylic acids is 1. The number of rotatable bonds is 9. The lowest BCUT2D eigenvalue weighted by Gasteiger charge is -2.17. The maximum atomic E-state index is 13.3. The summed E-state index contributed by atoms with van der Waals surface area (Å²) in [5.74, 6) is 0.176. The largest absolute Gasteiger partial charge is 0.478 e. The molecule has 0 saturated heterocycles. The van der Waals surface area contributed by atoms with E-state index in [1.165, 1.54) is 0 Å². The molecule has 174 valence electrons. The van der Waals surface area contributed by atoms with E-state index in [2.05, 4.69) is 6.92 Å². The van der Waals surface area contributed by atoms with Crippen molar-refractivity contribution < 1.29 is 14.6 Å². The number of para-hydroxylation sites is 1. The average Bonchev–Trinajstić information content (AvgIpc) is 2.85. The third-order valence-corrected chi connectivity index (χ3v) is 5.86. The minimum Gasteiger partial charge on any atom is -0.478 e. The Bertz CT molecular complexity index is 1340. The third-order valence-electron chi connectivity index (χ3n) is 5.86. The van der Waals surface area contributed by atoms with Gasteiger partial charge in [-0.05, 0) is 42.7 Å². The molecule has 0 radical (unpaired) electrons. The number of carbonyl (C=O) groups is 1. The Morgan fingerprint density at radius 2 is 1.76 bits per heavy atom. The average molecular weight is 457 g/mol. The number of ether oxygens (including phenoxy) is 1. The van der Waals surface area contributed by atoms with E-state index >= 15 is 0 Å². The Morgan fingerprint density at radius 3 is 2.44 bits per heavy atom. The summed E-state index contributed by atoms with van der Waals surface area (Å²) in [6.07, 6.45) is 1.60. The quantitative estimate of drug-likeness (QED) is 0.370. The van der Waals surface area contributed by atoms with Gasteiger partial charge in [-0.2, -0.15) is 0 Å². The topological polar surface area (TPSA) is 81.4 Å². The van der Waals surface area contributed by atoms with Crippen LogP contribution in [0.1, 0.15) is 48.4 Å². The van der Waals surface area contributed by atoms with E-state index in [1.54, 1.807) is 41.0 Å². The van der Waals surface area contributed by atoms with Gasteiger partial charge < -0.3 is 9.84 Å². The molecule has 1 aromatic heterocycles. The van der Waals surface area contributed by atoms with Crippen LogP contribution in [0.5, 0.6) is 5.75 Å². The van der Waals surface area contributed by atoms with Crippen LogP contribution < -0.4 is 10.3 Å². The molecule has 0 saturated carbocycles. The van der Waals surface area contributed by atoms with Crippen LogP contribution in [-0.2, 0) is 17.8 Å². The minimum atomic E-state index is -1.09. The molecule has 0 fully saturated rings. The van der Waals surface area contributed by atoms with Gasteiger partial charge in [0.05, 0.1) is 17.4 Å². The van der Waals surface area contributed by atoms with Gasteiger partial charge in [0.1, 0.15) is 11.6 Å². The zero-order valence-corrected chi connectivity index (χ0v) is 19.4. The van der Waals surface area contributed by atoms with E-state index in [1.807, 2.05) is 43.3 Å². The summed E-state index contributed by atoms with van der Waals surface area (Å²) in [6.45, 7) is 4.48. The van der Waals surface area contributed by atoms with E-state index in [9.17, 15) is 14.7 Å². The highest BCUT2D eigenvalue weighted by Crippen LogP contribution is 2.23. The molecule has 0 aliphatic rings. The molecular formula is C28H28N2O4. The Labute approximate surface area is 198 Å². The Hall–Kier alpha value is -3.93. The third kappa shape index (κ3) is 5.01. The fraction of sp³-hybridized carbons (Fsp3) is 0.250. The lowest BCUT2D eigenvalue weighted by molar-refractivity contribution is -0.145. The number of aryl methyl sites for hydroxylation is 2. The summed E-state index contributed by atoms with van der Waals surface area (Å²) in [7, 11) is 0. The highest BCUT2D eigenvalue weighted by Gasteiger charge is 2.21. The highest BCUT2D eigenvalue weighted by molar-refractivity contribution is 5.80. The molecule has 6 heteroatoms. The normalized spacial score (nSPS) is 11.9. The van der Waals surface area contributed by atoms with Crippen molar-refractivity contribution in [3.63, 3.8) is 0 Å². The number of benzene rings is 3. The summed E-state index contributed by atoms with van der Waals surface area (Å²) in [5, 5.41) is 10.2. The first-order valence-electron chi connectivity index (χ1n) is 11.5.